The molecule has 3 rings (SSSR count). The van der Waals surface area contributed by atoms with Gasteiger partial charge in [-0.25, -0.2) is 9.37 Å². The Morgan fingerprint density at radius 2 is 2.43 bits per heavy atom. The zero-order chi connectivity index (χ0) is 14.8. The molecule has 0 saturated heterocycles. The molecule has 2 aromatic rings. The van der Waals surface area contributed by atoms with Crippen molar-refractivity contribution < 1.29 is 13.9 Å². The number of fused-ring (bicyclic) bond motifs is 1. The van der Waals surface area contributed by atoms with Crippen LogP contribution >= 0.6 is 11.3 Å². The van der Waals surface area contributed by atoms with Gasteiger partial charge < -0.3 is 10.1 Å². The Morgan fingerprint density at radius 1 is 1.57 bits per heavy atom. The van der Waals surface area contributed by atoms with Crippen molar-refractivity contribution in [2.45, 2.75) is 25.4 Å². The van der Waals surface area contributed by atoms with Crippen molar-refractivity contribution in [2.24, 2.45) is 0 Å². The van der Waals surface area contributed by atoms with Crippen molar-refractivity contribution in [1.29, 1.82) is 0 Å². The van der Waals surface area contributed by atoms with E-state index in [4.69, 9.17) is 4.74 Å². The molecule has 1 aromatic carbocycles. The number of nitrogens with zero attached hydrogens (tertiary/aromatic N) is 1. The maximum Gasteiger partial charge on any atom is 0.233 e. The number of carbonyl (C=O) groups is 1. The van der Waals surface area contributed by atoms with E-state index in [0.29, 0.717) is 18.2 Å². The Balaban J connectivity index is 1.72. The van der Waals surface area contributed by atoms with Crippen LogP contribution in [-0.4, -0.2) is 18.0 Å². The first-order valence-corrected chi connectivity index (χ1v) is 7.52. The Labute approximate surface area is 126 Å². The second-order valence-corrected chi connectivity index (χ2v) is 6.10. The molecule has 21 heavy (non-hydrogen) atoms. The zero-order valence-corrected chi connectivity index (χ0v) is 12.4. The number of ether oxygens (including phenoxy) is 1. The van der Waals surface area contributed by atoms with Crippen LogP contribution in [0.2, 0.25) is 0 Å². The number of methoxy groups -OCH3 is 1. The molecule has 0 fully saturated rings. The molecule has 1 aliphatic carbocycles. The normalized spacial score (nSPS) is 16.8. The minimum atomic E-state index is -0.251. The average Bonchev–Trinajstić information content (AvgIpc) is 3.05. The molecule has 0 saturated carbocycles. The summed E-state index contributed by atoms with van der Waals surface area (Å²) in [6.07, 6.45) is 3.14. The Bertz CT molecular complexity index is 671. The predicted octanol–water partition coefficient (Wildman–Crippen LogP) is 3.10. The maximum absolute atomic E-state index is 13.2. The standard InChI is InChI=1S/C15H15FN2O2S/c1-20-8-11-7-17-15(21-11)18-14(19)13-4-2-9-6-10(16)3-5-12(9)13/h3,5-7,13H,2,4,8H2,1H3,(H,17,18,19). The van der Waals surface area contributed by atoms with Crippen molar-refractivity contribution >= 4 is 22.4 Å². The minimum absolute atomic E-state index is 0.0846. The van der Waals surface area contributed by atoms with Crippen LogP contribution in [0.5, 0.6) is 0 Å². The number of thiazole rings is 1. The number of hydrogen-bond acceptors (Lipinski definition) is 4. The summed E-state index contributed by atoms with van der Waals surface area (Å²) in [5, 5.41) is 3.41. The fraction of sp³-hybridized carbons (Fsp3) is 0.333. The van der Waals surface area contributed by atoms with Crippen LogP contribution < -0.4 is 5.32 Å². The number of benzene rings is 1. The van der Waals surface area contributed by atoms with Gasteiger partial charge in [-0.1, -0.05) is 17.4 Å². The summed E-state index contributed by atoms with van der Waals surface area (Å²) >= 11 is 1.40. The molecule has 0 aliphatic heterocycles. The summed E-state index contributed by atoms with van der Waals surface area (Å²) in [5.41, 5.74) is 1.84. The van der Waals surface area contributed by atoms with Gasteiger partial charge in [-0.3, -0.25) is 4.79 Å². The summed E-state index contributed by atoms with van der Waals surface area (Å²) in [6.45, 7) is 0.485. The van der Waals surface area contributed by atoms with Gasteiger partial charge in [-0.05, 0) is 36.1 Å². The molecule has 6 heteroatoms. The molecule has 1 aliphatic rings. The van der Waals surface area contributed by atoms with Gasteiger partial charge in [-0.15, -0.1) is 0 Å². The minimum Gasteiger partial charge on any atom is -0.379 e. The van der Waals surface area contributed by atoms with Crippen molar-refractivity contribution in [3.63, 3.8) is 0 Å². The van der Waals surface area contributed by atoms with Gasteiger partial charge in [0.2, 0.25) is 5.91 Å². The van der Waals surface area contributed by atoms with Crippen LogP contribution in [0.1, 0.15) is 28.3 Å². The van der Waals surface area contributed by atoms with Crippen LogP contribution in [0.15, 0.2) is 24.4 Å². The van der Waals surface area contributed by atoms with E-state index in [-0.39, 0.29) is 17.6 Å². The molecule has 0 spiro atoms. The number of carbonyl (C=O) groups excluding carboxylic acids is 1. The summed E-state index contributed by atoms with van der Waals surface area (Å²) in [4.78, 5) is 17.5. The van der Waals surface area contributed by atoms with Gasteiger partial charge in [0.25, 0.3) is 0 Å². The average molecular weight is 306 g/mol. The largest absolute Gasteiger partial charge is 0.379 e. The number of hydrogen-bond donors (Lipinski definition) is 1. The third-order valence-corrected chi connectivity index (χ3v) is 4.46. The van der Waals surface area contributed by atoms with Crippen LogP contribution in [0.25, 0.3) is 0 Å². The van der Waals surface area contributed by atoms with Crippen LogP contribution in [0.4, 0.5) is 9.52 Å². The van der Waals surface area contributed by atoms with Gasteiger partial charge in [-0.2, -0.15) is 0 Å². The number of halogens is 1. The molecule has 1 amide bonds. The highest BCUT2D eigenvalue weighted by Gasteiger charge is 2.29. The molecule has 0 radical (unpaired) electrons. The SMILES string of the molecule is COCc1cnc(NC(=O)C2CCc3cc(F)ccc32)s1. The number of nitrogens with one attached hydrogen (secondary N) is 1. The number of amides is 1. The van der Waals surface area contributed by atoms with Crippen molar-refractivity contribution in [1.82, 2.24) is 4.98 Å². The highest BCUT2D eigenvalue weighted by Crippen LogP contribution is 2.34. The van der Waals surface area contributed by atoms with Gasteiger partial charge in [0.15, 0.2) is 5.13 Å². The van der Waals surface area contributed by atoms with Gasteiger partial charge >= 0.3 is 0 Å². The molecule has 1 atom stereocenters. The van der Waals surface area contributed by atoms with E-state index in [2.05, 4.69) is 10.3 Å². The van der Waals surface area contributed by atoms with Gasteiger partial charge in [0, 0.05) is 13.3 Å². The summed E-state index contributed by atoms with van der Waals surface area (Å²) in [6, 6.07) is 4.63. The summed E-state index contributed by atoms with van der Waals surface area (Å²) < 4.78 is 18.2. The topological polar surface area (TPSA) is 51.2 Å². The number of rotatable bonds is 4. The number of aryl methyl sites for hydroxylation is 1. The maximum atomic E-state index is 13.2. The Kier molecular flexibility index (Phi) is 3.98. The van der Waals surface area contributed by atoms with Crippen molar-refractivity contribution in [3.8, 4) is 0 Å². The molecule has 4 nitrogen and oxygen atoms in total. The molecule has 1 N–H and O–H groups in total. The highest BCUT2D eigenvalue weighted by molar-refractivity contribution is 7.15. The highest BCUT2D eigenvalue weighted by atomic mass is 32.1. The predicted molar refractivity (Wildman–Crippen MR) is 78.9 cm³/mol. The van der Waals surface area contributed by atoms with E-state index < -0.39 is 0 Å². The lowest BCUT2D eigenvalue weighted by molar-refractivity contribution is -0.117. The fourth-order valence-corrected chi connectivity index (χ4v) is 3.41. The van der Waals surface area contributed by atoms with Crippen molar-refractivity contribution in [2.75, 3.05) is 12.4 Å². The number of aromatic nitrogens is 1. The molecule has 110 valence electrons. The smallest absolute Gasteiger partial charge is 0.233 e. The second kappa shape index (κ2) is 5.91. The quantitative estimate of drug-likeness (QED) is 0.944. The van der Waals surface area contributed by atoms with E-state index >= 15 is 0 Å². The van der Waals surface area contributed by atoms with Crippen LogP contribution in [-0.2, 0) is 22.6 Å². The molecule has 1 unspecified atom stereocenters. The molecule has 1 heterocycles. The zero-order valence-electron chi connectivity index (χ0n) is 11.6. The van der Waals surface area contributed by atoms with Crippen LogP contribution in [0, 0.1) is 5.82 Å². The summed E-state index contributed by atoms with van der Waals surface area (Å²) in [7, 11) is 1.62. The molecular formula is C15H15FN2O2S. The van der Waals surface area contributed by atoms with E-state index in [0.717, 1.165) is 22.4 Å². The van der Waals surface area contributed by atoms with E-state index in [1.54, 1.807) is 19.4 Å². The Morgan fingerprint density at radius 3 is 3.24 bits per heavy atom. The first-order valence-electron chi connectivity index (χ1n) is 6.70. The number of anilines is 1. The fourth-order valence-electron chi connectivity index (χ4n) is 2.63. The third-order valence-electron chi connectivity index (χ3n) is 3.57. The lowest BCUT2D eigenvalue weighted by atomic mass is 10.0. The third kappa shape index (κ3) is 2.96. The molecule has 1 aromatic heterocycles. The Hall–Kier alpha value is -1.79. The molecule has 0 bridgehead atoms. The monoisotopic (exact) mass is 306 g/mol. The van der Waals surface area contributed by atoms with Crippen molar-refractivity contribution in [3.05, 3.63) is 46.2 Å². The molecular weight excluding hydrogens is 291 g/mol. The lowest BCUT2D eigenvalue weighted by Crippen LogP contribution is -2.19. The van der Waals surface area contributed by atoms with Crippen LogP contribution in [0.3, 0.4) is 0 Å². The first-order chi connectivity index (χ1) is 10.2. The van der Waals surface area contributed by atoms with E-state index in [1.165, 1.54) is 23.5 Å². The van der Waals surface area contributed by atoms with E-state index in [1.807, 2.05) is 0 Å². The second-order valence-electron chi connectivity index (χ2n) is 4.99. The lowest BCUT2D eigenvalue weighted by Gasteiger charge is -2.10. The van der Waals surface area contributed by atoms with E-state index in [9.17, 15) is 9.18 Å². The first kappa shape index (κ1) is 14.2. The van der Waals surface area contributed by atoms with Gasteiger partial charge in [0.1, 0.15) is 5.82 Å². The summed E-state index contributed by atoms with van der Waals surface area (Å²) in [5.74, 6) is -0.562. The van der Waals surface area contributed by atoms with Gasteiger partial charge in [0.05, 0.1) is 17.4 Å².